The molecule has 1 N–H and O–H groups in total. The van der Waals surface area contributed by atoms with Gasteiger partial charge in [-0.3, -0.25) is 14.5 Å². The van der Waals surface area contributed by atoms with Crippen LogP contribution >= 0.6 is 0 Å². The molecule has 0 aromatic rings. The van der Waals surface area contributed by atoms with Gasteiger partial charge in [-0.15, -0.1) is 0 Å². The van der Waals surface area contributed by atoms with Crippen molar-refractivity contribution in [3.63, 3.8) is 0 Å². The number of amides is 2. The van der Waals surface area contributed by atoms with Gasteiger partial charge in [0.15, 0.2) is 0 Å². The Kier molecular flexibility index (Phi) is 5.45. The summed E-state index contributed by atoms with van der Waals surface area (Å²) in [7, 11) is 0. The van der Waals surface area contributed by atoms with E-state index in [1.54, 1.807) is 11.8 Å². The van der Waals surface area contributed by atoms with E-state index in [0.29, 0.717) is 19.6 Å². The third-order valence-corrected chi connectivity index (χ3v) is 4.45. The molecule has 1 atom stereocenters. The van der Waals surface area contributed by atoms with E-state index < -0.39 is 5.60 Å². The van der Waals surface area contributed by atoms with Crippen molar-refractivity contribution in [2.24, 2.45) is 0 Å². The van der Waals surface area contributed by atoms with Crippen molar-refractivity contribution in [3.05, 3.63) is 0 Å². The number of β-amino-alcohol motifs (C(OH)–C–C–N with tert-alkyl or cyclic N) is 1. The monoisotopic (exact) mass is 311 g/mol. The van der Waals surface area contributed by atoms with E-state index in [-0.39, 0.29) is 17.9 Å². The van der Waals surface area contributed by atoms with Gasteiger partial charge in [0.1, 0.15) is 6.04 Å². The minimum absolute atomic E-state index is 0.00525. The molecule has 0 bridgehead atoms. The molecule has 0 aliphatic carbocycles. The van der Waals surface area contributed by atoms with Crippen LogP contribution in [0.1, 0.15) is 40.0 Å². The van der Waals surface area contributed by atoms with Crippen molar-refractivity contribution in [3.8, 4) is 0 Å². The molecule has 6 heteroatoms. The molecule has 2 rings (SSSR count). The Labute approximate surface area is 133 Å². The molecule has 6 nitrogen and oxygen atoms in total. The quantitative estimate of drug-likeness (QED) is 0.814. The summed E-state index contributed by atoms with van der Waals surface area (Å²) in [5.41, 5.74) is -0.712. The van der Waals surface area contributed by atoms with E-state index in [4.69, 9.17) is 0 Å². The summed E-state index contributed by atoms with van der Waals surface area (Å²) >= 11 is 0. The van der Waals surface area contributed by atoms with E-state index in [9.17, 15) is 14.7 Å². The van der Waals surface area contributed by atoms with E-state index in [1.165, 1.54) is 0 Å². The highest BCUT2D eigenvalue weighted by molar-refractivity contribution is 5.87. The molecular formula is C16H29N3O3. The van der Waals surface area contributed by atoms with Gasteiger partial charge in [-0.2, -0.15) is 0 Å². The zero-order chi connectivity index (χ0) is 16.3. The molecule has 0 aromatic heterocycles. The topological polar surface area (TPSA) is 64.1 Å². The number of nitrogens with zero attached hydrogens (tertiary/aromatic N) is 3. The maximum Gasteiger partial charge on any atom is 0.245 e. The van der Waals surface area contributed by atoms with Crippen LogP contribution < -0.4 is 0 Å². The number of carbonyl (C=O) groups is 2. The molecule has 126 valence electrons. The van der Waals surface area contributed by atoms with Gasteiger partial charge in [0.05, 0.1) is 5.60 Å². The second kappa shape index (κ2) is 6.96. The highest BCUT2D eigenvalue weighted by atomic mass is 16.3. The Morgan fingerprint density at radius 2 is 1.82 bits per heavy atom. The fourth-order valence-corrected chi connectivity index (χ4v) is 3.51. The molecule has 2 aliphatic heterocycles. The first kappa shape index (κ1) is 17.2. The van der Waals surface area contributed by atoms with Crippen molar-refractivity contribution >= 4 is 11.8 Å². The van der Waals surface area contributed by atoms with Gasteiger partial charge in [0, 0.05) is 46.2 Å². The van der Waals surface area contributed by atoms with Crippen molar-refractivity contribution < 1.29 is 14.7 Å². The van der Waals surface area contributed by atoms with Gasteiger partial charge in [0.2, 0.25) is 11.8 Å². The SMILES string of the molecule is CC(=O)N1CCCC1C(=O)N1CCCN(CC(C)(C)O)CC1. The summed E-state index contributed by atoms with van der Waals surface area (Å²) in [6.45, 7) is 9.58. The molecule has 0 spiro atoms. The van der Waals surface area contributed by atoms with Crippen molar-refractivity contribution in [2.75, 3.05) is 39.3 Å². The van der Waals surface area contributed by atoms with Crippen LogP contribution in [-0.2, 0) is 9.59 Å². The first-order chi connectivity index (χ1) is 10.3. The Hall–Kier alpha value is -1.14. The number of carbonyl (C=O) groups excluding carboxylic acids is 2. The van der Waals surface area contributed by atoms with E-state index in [1.807, 2.05) is 18.7 Å². The molecule has 2 fully saturated rings. The number of likely N-dealkylation sites (tertiary alicyclic amines) is 1. The summed E-state index contributed by atoms with van der Waals surface area (Å²) in [6.07, 6.45) is 2.60. The van der Waals surface area contributed by atoms with Crippen LogP contribution in [-0.4, -0.2) is 82.5 Å². The minimum Gasteiger partial charge on any atom is -0.389 e. The molecule has 1 unspecified atom stereocenters. The molecule has 0 aromatic carbocycles. The minimum atomic E-state index is -0.712. The third-order valence-electron chi connectivity index (χ3n) is 4.45. The lowest BCUT2D eigenvalue weighted by Gasteiger charge is -2.30. The van der Waals surface area contributed by atoms with Crippen LogP contribution in [0, 0.1) is 0 Å². The van der Waals surface area contributed by atoms with Crippen molar-refractivity contribution in [1.29, 1.82) is 0 Å². The van der Waals surface area contributed by atoms with Crippen LogP contribution in [0.15, 0.2) is 0 Å². The van der Waals surface area contributed by atoms with Crippen molar-refractivity contribution in [1.82, 2.24) is 14.7 Å². The average Bonchev–Trinajstić information content (AvgIpc) is 2.79. The molecule has 2 saturated heterocycles. The molecular weight excluding hydrogens is 282 g/mol. The normalized spacial score (nSPS) is 24.5. The molecule has 2 amide bonds. The van der Waals surface area contributed by atoms with Crippen molar-refractivity contribution in [2.45, 2.75) is 51.7 Å². The summed E-state index contributed by atoms with van der Waals surface area (Å²) in [6, 6.07) is -0.265. The van der Waals surface area contributed by atoms with Crippen LogP contribution in [0.5, 0.6) is 0 Å². The number of hydrogen-bond acceptors (Lipinski definition) is 4. The Balaban J connectivity index is 1.93. The van der Waals surface area contributed by atoms with E-state index in [0.717, 1.165) is 38.9 Å². The van der Waals surface area contributed by atoms with Crippen LogP contribution in [0.2, 0.25) is 0 Å². The Bertz CT molecular complexity index is 419. The lowest BCUT2D eigenvalue weighted by Crippen LogP contribution is -2.48. The Morgan fingerprint density at radius 3 is 2.45 bits per heavy atom. The maximum absolute atomic E-state index is 12.7. The number of aliphatic hydroxyl groups is 1. The maximum atomic E-state index is 12.7. The summed E-state index contributed by atoms with van der Waals surface area (Å²) in [5, 5.41) is 9.94. The van der Waals surface area contributed by atoms with Crippen LogP contribution in [0.3, 0.4) is 0 Å². The molecule has 2 aliphatic rings. The van der Waals surface area contributed by atoms with Crippen LogP contribution in [0.4, 0.5) is 0 Å². The number of hydrogen-bond donors (Lipinski definition) is 1. The molecule has 2 heterocycles. The van der Waals surface area contributed by atoms with Gasteiger partial charge >= 0.3 is 0 Å². The van der Waals surface area contributed by atoms with Gasteiger partial charge < -0.3 is 14.9 Å². The van der Waals surface area contributed by atoms with E-state index >= 15 is 0 Å². The smallest absolute Gasteiger partial charge is 0.245 e. The van der Waals surface area contributed by atoms with Gasteiger partial charge in [-0.25, -0.2) is 0 Å². The zero-order valence-corrected chi connectivity index (χ0v) is 14.0. The lowest BCUT2D eigenvalue weighted by molar-refractivity contribution is -0.142. The summed E-state index contributed by atoms with van der Waals surface area (Å²) < 4.78 is 0. The van der Waals surface area contributed by atoms with Gasteiger partial charge in [-0.1, -0.05) is 0 Å². The standard InChI is InChI=1S/C16H29N3O3/c1-13(20)19-9-4-6-14(19)15(21)18-8-5-7-17(10-11-18)12-16(2,3)22/h14,22H,4-12H2,1-3H3. The average molecular weight is 311 g/mol. The fourth-order valence-electron chi connectivity index (χ4n) is 3.51. The molecule has 0 radical (unpaired) electrons. The highest BCUT2D eigenvalue weighted by Gasteiger charge is 2.35. The van der Waals surface area contributed by atoms with Gasteiger partial charge in [-0.05, 0) is 33.1 Å². The first-order valence-corrected chi connectivity index (χ1v) is 8.29. The fraction of sp³-hybridized carbons (Fsp3) is 0.875. The predicted octanol–water partition coefficient (Wildman–Crippen LogP) is 0.303. The third kappa shape index (κ3) is 4.43. The van der Waals surface area contributed by atoms with E-state index in [2.05, 4.69) is 4.90 Å². The Morgan fingerprint density at radius 1 is 1.09 bits per heavy atom. The second-order valence-corrected chi connectivity index (χ2v) is 7.14. The molecule has 22 heavy (non-hydrogen) atoms. The van der Waals surface area contributed by atoms with Crippen LogP contribution in [0.25, 0.3) is 0 Å². The highest BCUT2D eigenvalue weighted by Crippen LogP contribution is 2.20. The molecule has 0 saturated carbocycles. The lowest BCUT2D eigenvalue weighted by atomic mass is 10.1. The summed E-state index contributed by atoms with van der Waals surface area (Å²) in [5.74, 6) is 0.0899. The first-order valence-electron chi connectivity index (χ1n) is 8.29. The number of rotatable bonds is 3. The second-order valence-electron chi connectivity index (χ2n) is 7.14. The largest absolute Gasteiger partial charge is 0.389 e. The van der Waals surface area contributed by atoms with Gasteiger partial charge in [0.25, 0.3) is 0 Å². The zero-order valence-electron chi connectivity index (χ0n) is 14.0. The predicted molar refractivity (Wildman–Crippen MR) is 84.3 cm³/mol. The summed E-state index contributed by atoms with van der Waals surface area (Å²) in [4.78, 5) is 30.2.